The normalized spacial score (nSPS) is 21.8. The second-order valence-corrected chi connectivity index (χ2v) is 7.51. The van der Waals surface area contributed by atoms with Crippen molar-refractivity contribution in [2.24, 2.45) is 5.41 Å². The van der Waals surface area contributed by atoms with Gasteiger partial charge in [0, 0.05) is 0 Å². The Morgan fingerprint density at radius 2 is 2.08 bits per heavy atom. The molecule has 0 aromatic carbocycles. The summed E-state index contributed by atoms with van der Waals surface area (Å²) in [5, 5.41) is 5.49. The fraction of sp³-hybridized carbons (Fsp3) is 0.611. The van der Waals surface area contributed by atoms with E-state index in [0.29, 0.717) is 18.4 Å². The number of hydrogen-bond acceptors (Lipinski definition) is 5. The molecule has 2 heterocycles. The van der Waals surface area contributed by atoms with Crippen LogP contribution in [0.5, 0.6) is 0 Å². The summed E-state index contributed by atoms with van der Waals surface area (Å²) in [6.07, 6.45) is 3.45. The molecule has 1 aliphatic heterocycles. The van der Waals surface area contributed by atoms with Crippen LogP contribution in [0.2, 0.25) is 0 Å². The minimum absolute atomic E-state index is 0.00870. The van der Waals surface area contributed by atoms with E-state index in [1.165, 1.54) is 18.6 Å². The van der Waals surface area contributed by atoms with E-state index < -0.39 is 12.1 Å². The number of Topliss-reactive ketones (excluding diaryl/α,β-unsaturated/α-hetero) is 1. The molecule has 1 saturated heterocycles. The van der Waals surface area contributed by atoms with Crippen LogP contribution in [0.15, 0.2) is 23.0 Å². The molecule has 0 radical (unpaired) electrons. The molecule has 0 bridgehead atoms. The first kappa shape index (κ1) is 19.2. The fourth-order valence-corrected chi connectivity index (χ4v) is 2.82. The number of hydrogen-bond donors (Lipinski definition) is 2. The van der Waals surface area contributed by atoms with Crippen molar-refractivity contribution in [3.8, 4) is 0 Å². The SMILES string of the molecule is CCC1OCC(=O)C1NC(=O)C(CC(C)(C)C)NC(=O)c1ccoc1. The summed E-state index contributed by atoms with van der Waals surface area (Å²) in [7, 11) is 0. The van der Waals surface area contributed by atoms with Gasteiger partial charge in [-0.3, -0.25) is 14.4 Å². The van der Waals surface area contributed by atoms with Gasteiger partial charge >= 0.3 is 0 Å². The van der Waals surface area contributed by atoms with Crippen molar-refractivity contribution in [1.82, 2.24) is 10.6 Å². The summed E-state index contributed by atoms with van der Waals surface area (Å²) in [4.78, 5) is 37.0. The van der Waals surface area contributed by atoms with Crippen molar-refractivity contribution >= 4 is 17.6 Å². The van der Waals surface area contributed by atoms with Crippen LogP contribution in [0, 0.1) is 5.41 Å². The number of amides is 2. The molecule has 2 amide bonds. The van der Waals surface area contributed by atoms with Gasteiger partial charge in [0.25, 0.3) is 5.91 Å². The molecule has 1 fully saturated rings. The van der Waals surface area contributed by atoms with E-state index in [4.69, 9.17) is 9.15 Å². The summed E-state index contributed by atoms with van der Waals surface area (Å²) in [6, 6.07) is 0.113. The predicted molar refractivity (Wildman–Crippen MR) is 91.0 cm³/mol. The predicted octanol–water partition coefficient (Wildman–Crippen LogP) is 1.68. The van der Waals surface area contributed by atoms with Crippen LogP contribution in [0.1, 0.15) is 50.9 Å². The van der Waals surface area contributed by atoms with Crippen LogP contribution < -0.4 is 10.6 Å². The molecule has 3 unspecified atom stereocenters. The second kappa shape index (κ2) is 7.82. The number of ether oxygens (including phenoxy) is 1. The molecule has 7 nitrogen and oxygen atoms in total. The molecule has 1 aromatic rings. The lowest BCUT2D eigenvalue weighted by Crippen LogP contribution is -2.54. The van der Waals surface area contributed by atoms with E-state index in [1.54, 1.807) is 0 Å². The molecular formula is C18H26N2O5. The van der Waals surface area contributed by atoms with Gasteiger partial charge in [0.05, 0.1) is 17.9 Å². The van der Waals surface area contributed by atoms with Crippen molar-refractivity contribution < 1.29 is 23.5 Å². The number of carbonyl (C=O) groups excluding carboxylic acids is 3. The molecule has 7 heteroatoms. The number of ketones is 1. The third-order valence-corrected chi connectivity index (χ3v) is 4.08. The van der Waals surface area contributed by atoms with Crippen LogP contribution in [0.4, 0.5) is 0 Å². The molecule has 138 valence electrons. The van der Waals surface area contributed by atoms with Crippen molar-refractivity contribution in [2.45, 2.75) is 58.7 Å². The minimum Gasteiger partial charge on any atom is -0.472 e. The van der Waals surface area contributed by atoms with Gasteiger partial charge in [0.2, 0.25) is 5.91 Å². The Hall–Kier alpha value is -2.15. The summed E-state index contributed by atoms with van der Waals surface area (Å²) in [5.41, 5.74) is 0.157. The van der Waals surface area contributed by atoms with E-state index in [-0.39, 0.29) is 35.7 Å². The van der Waals surface area contributed by atoms with Gasteiger partial charge in [0.1, 0.15) is 25.0 Å². The Kier molecular flexibility index (Phi) is 6.00. The second-order valence-electron chi connectivity index (χ2n) is 7.51. The summed E-state index contributed by atoms with van der Waals surface area (Å²) in [5.74, 6) is -0.913. The van der Waals surface area contributed by atoms with Gasteiger partial charge in [-0.15, -0.1) is 0 Å². The maximum Gasteiger partial charge on any atom is 0.255 e. The van der Waals surface area contributed by atoms with Gasteiger partial charge in [0.15, 0.2) is 5.78 Å². The number of furan rings is 1. The third-order valence-electron chi connectivity index (χ3n) is 4.08. The first-order valence-electron chi connectivity index (χ1n) is 8.49. The quantitative estimate of drug-likeness (QED) is 0.813. The Labute approximate surface area is 147 Å². The highest BCUT2D eigenvalue weighted by Gasteiger charge is 2.38. The van der Waals surface area contributed by atoms with E-state index in [1.807, 2.05) is 27.7 Å². The van der Waals surface area contributed by atoms with E-state index >= 15 is 0 Å². The van der Waals surface area contributed by atoms with Gasteiger partial charge < -0.3 is 19.8 Å². The van der Waals surface area contributed by atoms with Crippen LogP contribution in [-0.2, 0) is 14.3 Å². The fourth-order valence-electron chi connectivity index (χ4n) is 2.82. The standard InChI is InChI=1S/C18H26N2O5/c1-5-14-15(13(21)10-25-14)20-17(23)12(8-18(2,3)4)19-16(22)11-6-7-24-9-11/h6-7,9,12,14-15H,5,8,10H2,1-4H3,(H,19,22)(H,20,23). The Bertz CT molecular complexity index is 618. The smallest absolute Gasteiger partial charge is 0.255 e. The zero-order valence-electron chi connectivity index (χ0n) is 15.1. The van der Waals surface area contributed by atoms with E-state index in [2.05, 4.69) is 10.6 Å². The molecule has 0 spiro atoms. The molecule has 0 saturated carbocycles. The van der Waals surface area contributed by atoms with Crippen molar-refractivity contribution in [1.29, 1.82) is 0 Å². The molecular weight excluding hydrogens is 324 g/mol. The van der Waals surface area contributed by atoms with Gasteiger partial charge in [-0.1, -0.05) is 27.7 Å². The minimum atomic E-state index is -0.756. The molecule has 3 atom stereocenters. The molecule has 1 aliphatic rings. The van der Waals surface area contributed by atoms with Crippen LogP contribution >= 0.6 is 0 Å². The zero-order valence-corrected chi connectivity index (χ0v) is 15.1. The summed E-state index contributed by atoms with van der Waals surface area (Å²) < 4.78 is 10.3. The van der Waals surface area contributed by atoms with Crippen molar-refractivity contribution in [3.05, 3.63) is 24.2 Å². The summed E-state index contributed by atoms with van der Waals surface area (Å²) in [6.45, 7) is 7.85. The third kappa shape index (κ3) is 5.16. The maximum absolute atomic E-state index is 12.7. The molecule has 1 aromatic heterocycles. The lowest BCUT2D eigenvalue weighted by atomic mass is 9.87. The van der Waals surface area contributed by atoms with Gasteiger partial charge in [-0.05, 0) is 24.3 Å². The van der Waals surface area contributed by atoms with Crippen LogP contribution in [0.25, 0.3) is 0 Å². The molecule has 25 heavy (non-hydrogen) atoms. The Morgan fingerprint density at radius 3 is 2.64 bits per heavy atom. The highest BCUT2D eigenvalue weighted by Crippen LogP contribution is 2.22. The maximum atomic E-state index is 12.7. The van der Waals surface area contributed by atoms with E-state index in [9.17, 15) is 14.4 Å². The lowest BCUT2D eigenvalue weighted by Gasteiger charge is -2.27. The van der Waals surface area contributed by atoms with E-state index in [0.717, 1.165) is 0 Å². The van der Waals surface area contributed by atoms with Crippen LogP contribution in [0.3, 0.4) is 0 Å². The lowest BCUT2D eigenvalue weighted by molar-refractivity contribution is -0.128. The first-order chi connectivity index (χ1) is 11.7. The highest BCUT2D eigenvalue weighted by molar-refractivity contribution is 5.98. The average molecular weight is 350 g/mol. The van der Waals surface area contributed by atoms with Crippen molar-refractivity contribution in [3.63, 3.8) is 0 Å². The molecule has 0 aliphatic carbocycles. The zero-order chi connectivity index (χ0) is 18.6. The van der Waals surface area contributed by atoms with Gasteiger partial charge in [-0.25, -0.2) is 0 Å². The highest BCUT2D eigenvalue weighted by atomic mass is 16.5. The Balaban J connectivity index is 2.09. The first-order valence-corrected chi connectivity index (χ1v) is 8.49. The monoisotopic (exact) mass is 350 g/mol. The summed E-state index contributed by atoms with van der Waals surface area (Å²) >= 11 is 0. The van der Waals surface area contributed by atoms with Crippen molar-refractivity contribution in [2.75, 3.05) is 6.61 Å². The van der Waals surface area contributed by atoms with Crippen LogP contribution in [-0.4, -0.2) is 42.4 Å². The Morgan fingerprint density at radius 1 is 1.36 bits per heavy atom. The topological polar surface area (TPSA) is 97.6 Å². The number of rotatable bonds is 6. The number of carbonyl (C=O) groups is 3. The van der Waals surface area contributed by atoms with Gasteiger partial charge in [-0.2, -0.15) is 0 Å². The number of nitrogens with one attached hydrogen (secondary N) is 2. The average Bonchev–Trinajstić information content (AvgIpc) is 3.16. The largest absolute Gasteiger partial charge is 0.472 e. The molecule has 2 N–H and O–H groups in total. The molecule has 2 rings (SSSR count).